The second kappa shape index (κ2) is 4.47. The van der Waals surface area contributed by atoms with Gasteiger partial charge in [0.05, 0.1) is 11.3 Å². The highest BCUT2D eigenvalue weighted by atomic mass is 35.5. The Morgan fingerprint density at radius 2 is 2.24 bits per heavy atom. The summed E-state index contributed by atoms with van der Waals surface area (Å²) in [6.45, 7) is 0. The molecule has 2 rings (SSSR count). The number of halogens is 1. The predicted molar refractivity (Wildman–Crippen MR) is 64.9 cm³/mol. The van der Waals surface area contributed by atoms with Gasteiger partial charge in [0.25, 0.3) is 0 Å². The molecule has 5 nitrogen and oxygen atoms in total. The summed E-state index contributed by atoms with van der Waals surface area (Å²) >= 11 is 5.83. The van der Waals surface area contributed by atoms with E-state index in [0.717, 1.165) is 0 Å². The third-order valence-electron chi connectivity index (χ3n) is 2.19. The fraction of sp³-hybridized carbons (Fsp3) is 0.0909. The van der Waals surface area contributed by atoms with Gasteiger partial charge in [-0.3, -0.25) is 4.68 Å². The summed E-state index contributed by atoms with van der Waals surface area (Å²) in [4.78, 5) is 11.0. The molecule has 0 radical (unpaired) electrons. The van der Waals surface area contributed by atoms with Crippen LogP contribution in [0.5, 0.6) is 0 Å². The number of nitrogens with one attached hydrogen (secondary N) is 1. The van der Waals surface area contributed by atoms with Crippen LogP contribution in [-0.4, -0.2) is 20.9 Å². The fourth-order valence-corrected chi connectivity index (χ4v) is 1.60. The molecular weight excluding hydrogens is 242 g/mol. The lowest BCUT2D eigenvalue weighted by atomic mass is 10.2. The van der Waals surface area contributed by atoms with Crippen LogP contribution in [0.2, 0.25) is 5.02 Å². The number of rotatable bonds is 3. The van der Waals surface area contributed by atoms with E-state index in [1.54, 1.807) is 30.1 Å². The number of carbonyl (C=O) groups is 1. The SMILES string of the molecule is Cn1ccc(Nc2cc(Cl)ccc2C(=O)O)n1. The molecule has 17 heavy (non-hydrogen) atoms. The molecule has 2 aromatic rings. The maximum Gasteiger partial charge on any atom is 0.337 e. The minimum Gasteiger partial charge on any atom is -0.478 e. The van der Waals surface area contributed by atoms with Gasteiger partial charge >= 0.3 is 5.97 Å². The van der Waals surface area contributed by atoms with Crippen molar-refractivity contribution in [1.29, 1.82) is 0 Å². The summed E-state index contributed by atoms with van der Waals surface area (Å²) in [5, 5.41) is 16.5. The number of aryl methyl sites for hydroxylation is 1. The van der Waals surface area contributed by atoms with E-state index in [-0.39, 0.29) is 5.56 Å². The quantitative estimate of drug-likeness (QED) is 0.880. The van der Waals surface area contributed by atoms with Gasteiger partial charge in [-0.1, -0.05) is 11.6 Å². The summed E-state index contributed by atoms with van der Waals surface area (Å²) in [7, 11) is 1.78. The van der Waals surface area contributed by atoms with E-state index in [1.165, 1.54) is 12.1 Å². The lowest BCUT2D eigenvalue weighted by Gasteiger charge is -2.07. The minimum atomic E-state index is -1.01. The monoisotopic (exact) mass is 251 g/mol. The van der Waals surface area contributed by atoms with Crippen LogP contribution in [-0.2, 0) is 7.05 Å². The van der Waals surface area contributed by atoms with E-state index in [2.05, 4.69) is 10.4 Å². The van der Waals surface area contributed by atoms with Crippen LogP contribution in [0.1, 0.15) is 10.4 Å². The van der Waals surface area contributed by atoms with Gasteiger partial charge in [-0.15, -0.1) is 0 Å². The molecule has 0 aliphatic heterocycles. The summed E-state index contributed by atoms with van der Waals surface area (Å²) in [5.41, 5.74) is 0.573. The van der Waals surface area contributed by atoms with Crippen molar-refractivity contribution < 1.29 is 9.90 Å². The van der Waals surface area contributed by atoms with Gasteiger partial charge < -0.3 is 10.4 Å². The molecule has 88 valence electrons. The van der Waals surface area contributed by atoms with Crippen LogP contribution in [0.15, 0.2) is 30.5 Å². The summed E-state index contributed by atoms with van der Waals surface area (Å²) in [6.07, 6.45) is 1.76. The van der Waals surface area contributed by atoms with E-state index < -0.39 is 5.97 Å². The zero-order valence-electron chi connectivity index (χ0n) is 9.01. The highest BCUT2D eigenvalue weighted by molar-refractivity contribution is 6.31. The molecule has 0 atom stereocenters. The topological polar surface area (TPSA) is 67.2 Å². The van der Waals surface area contributed by atoms with Crippen molar-refractivity contribution in [3.8, 4) is 0 Å². The summed E-state index contributed by atoms with van der Waals surface area (Å²) in [5.74, 6) is -0.447. The maximum atomic E-state index is 11.0. The summed E-state index contributed by atoms with van der Waals surface area (Å²) in [6, 6.07) is 6.29. The molecule has 0 aliphatic rings. The van der Waals surface area contributed by atoms with Crippen LogP contribution >= 0.6 is 11.6 Å². The van der Waals surface area contributed by atoms with E-state index >= 15 is 0 Å². The average Bonchev–Trinajstić information content (AvgIpc) is 2.63. The molecule has 1 heterocycles. The molecule has 0 aliphatic carbocycles. The Morgan fingerprint density at radius 1 is 1.47 bits per heavy atom. The Hall–Kier alpha value is -2.01. The lowest BCUT2D eigenvalue weighted by molar-refractivity contribution is 0.0698. The Balaban J connectivity index is 2.37. The van der Waals surface area contributed by atoms with Gasteiger partial charge in [-0.2, -0.15) is 5.10 Å². The molecule has 0 unspecified atom stereocenters. The van der Waals surface area contributed by atoms with Crippen LogP contribution in [0.4, 0.5) is 11.5 Å². The van der Waals surface area contributed by atoms with Gasteiger partial charge in [0.2, 0.25) is 0 Å². The first-order valence-corrected chi connectivity index (χ1v) is 5.23. The largest absolute Gasteiger partial charge is 0.478 e. The Morgan fingerprint density at radius 3 is 2.82 bits per heavy atom. The van der Waals surface area contributed by atoms with Crippen molar-refractivity contribution in [2.75, 3.05) is 5.32 Å². The van der Waals surface area contributed by atoms with Gasteiger partial charge in [0.15, 0.2) is 5.82 Å². The Labute approximate surface area is 103 Å². The first kappa shape index (κ1) is 11.5. The molecule has 0 amide bonds. The normalized spacial score (nSPS) is 10.2. The standard InChI is InChI=1S/C11H10ClN3O2/c1-15-5-4-10(14-15)13-9-6-7(12)2-3-8(9)11(16)17/h2-6H,1H3,(H,13,14)(H,16,17). The van der Waals surface area contributed by atoms with Crippen LogP contribution in [0, 0.1) is 0 Å². The number of hydrogen-bond donors (Lipinski definition) is 2. The van der Waals surface area contributed by atoms with Crippen molar-refractivity contribution in [2.24, 2.45) is 7.05 Å². The van der Waals surface area contributed by atoms with Crippen LogP contribution in [0.25, 0.3) is 0 Å². The zero-order valence-corrected chi connectivity index (χ0v) is 9.77. The van der Waals surface area contributed by atoms with E-state index in [9.17, 15) is 4.79 Å². The highest BCUT2D eigenvalue weighted by Gasteiger charge is 2.11. The molecule has 0 fully saturated rings. The highest BCUT2D eigenvalue weighted by Crippen LogP contribution is 2.24. The number of carboxylic acid groups (broad SMARTS) is 1. The second-order valence-corrected chi connectivity index (χ2v) is 3.93. The number of aromatic nitrogens is 2. The van der Waals surface area contributed by atoms with Crippen LogP contribution in [0.3, 0.4) is 0 Å². The van der Waals surface area contributed by atoms with Gasteiger partial charge in [0, 0.05) is 24.3 Å². The molecule has 6 heteroatoms. The van der Waals surface area contributed by atoms with Gasteiger partial charge in [0.1, 0.15) is 0 Å². The van der Waals surface area contributed by atoms with Crippen LogP contribution < -0.4 is 5.32 Å². The minimum absolute atomic E-state index is 0.153. The third kappa shape index (κ3) is 2.57. The van der Waals surface area contributed by atoms with Crippen molar-refractivity contribution in [3.05, 3.63) is 41.0 Å². The molecule has 0 saturated heterocycles. The average molecular weight is 252 g/mol. The smallest absolute Gasteiger partial charge is 0.337 e. The molecule has 1 aromatic carbocycles. The third-order valence-corrected chi connectivity index (χ3v) is 2.42. The summed E-state index contributed by atoms with van der Waals surface area (Å²) < 4.78 is 1.62. The van der Waals surface area contributed by atoms with Crippen molar-refractivity contribution in [3.63, 3.8) is 0 Å². The van der Waals surface area contributed by atoms with E-state index in [0.29, 0.717) is 16.5 Å². The predicted octanol–water partition coefficient (Wildman–Crippen LogP) is 2.52. The lowest BCUT2D eigenvalue weighted by Crippen LogP contribution is -2.03. The Kier molecular flexibility index (Phi) is 3.01. The molecular formula is C11H10ClN3O2. The van der Waals surface area contributed by atoms with Crippen molar-refractivity contribution >= 4 is 29.1 Å². The number of anilines is 2. The molecule has 0 spiro atoms. The zero-order chi connectivity index (χ0) is 12.4. The number of nitrogens with zero attached hydrogens (tertiary/aromatic N) is 2. The molecule has 2 N–H and O–H groups in total. The first-order valence-electron chi connectivity index (χ1n) is 4.86. The fourth-order valence-electron chi connectivity index (χ4n) is 1.43. The first-order chi connectivity index (χ1) is 8.06. The molecule has 0 saturated carbocycles. The molecule has 1 aromatic heterocycles. The van der Waals surface area contributed by atoms with Gasteiger partial charge in [-0.05, 0) is 18.2 Å². The van der Waals surface area contributed by atoms with Crippen molar-refractivity contribution in [2.45, 2.75) is 0 Å². The van der Waals surface area contributed by atoms with Gasteiger partial charge in [-0.25, -0.2) is 4.79 Å². The molecule has 0 bridgehead atoms. The van der Waals surface area contributed by atoms with E-state index in [1.807, 2.05) is 0 Å². The number of aromatic carboxylic acids is 1. The number of carboxylic acids is 1. The maximum absolute atomic E-state index is 11.0. The van der Waals surface area contributed by atoms with Crippen molar-refractivity contribution in [1.82, 2.24) is 9.78 Å². The Bertz CT molecular complexity index is 566. The number of hydrogen-bond acceptors (Lipinski definition) is 3. The number of benzene rings is 1. The van der Waals surface area contributed by atoms with E-state index in [4.69, 9.17) is 16.7 Å². The second-order valence-electron chi connectivity index (χ2n) is 3.49.